The first-order valence-corrected chi connectivity index (χ1v) is 13.0. The van der Waals surface area contributed by atoms with E-state index >= 15 is 0 Å². The molecule has 0 bridgehead atoms. The molecule has 5 atom stereocenters. The minimum absolute atomic E-state index is 0.124. The number of hydrogen-bond donors (Lipinski definition) is 1. The number of carbonyl (C=O) groups is 1. The van der Waals surface area contributed by atoms with Gasteiger partial charge in [-0.2, -0.15) is 0 Å². The molecule has 0 saturated carbocycles. The highest BCUT2D eigenvalue weighted by molar-refractivity contribution is 7.99. The molecule has 1 fully saturated rings. The highest BCUT2D eigenvalue weighted by Gasteiger charge is 2.48. The first-order valence-electron chi connectivity index (χ1n) is 12.2. The summed E-state index contributed by atoms with van der Waals surface area (Å²) in [5.74, 6) is -1.13. The van der Waals surface area contributed by atoms with Gasteiger partial charge in [-0.1, -0.05) is 95.7 Å². The first kappa shape index (κ1) is 27.7. The molecule has 4 rings (SSSR count). The molecular weight excluding hydrogens is 506 g/mol. The number of hydrogen-bond acceptors (Lipinski definition) is 7. The lowest BCUT2D eigenvalue weighted by Gasteiger charge is -2.44. The number of rotatable bonds is 13. The molecule has 198 valence electrons. The Balaban J connectivity index is 1.60. The van der Waals surface area contributed by atoms with Gasteiger partial charge in [0, 0.05) is 9.81 Å². The van der Waals surface area contributed by atoms with Crippen molar-refractivity contribution < 1.29 is 28.8 Å². The van der Waals surface area contributed by atoms with Crippen molar-refractivity contribution >= 4 is 17.7 Å². The number of carboxylic acid groups (broad SMARTS) is 1. The van der Waals surface area contributed by atoms with Gasteiger partial charge < -0.3 is 24.1 Å². The smallest absolute Gasteiger partial charge is 0.329 e. The lowest BCUT2D eigenvalue weighted by molar-refractivity contribution is -0.210. The van der Waals surface area contributed by atoms with Gasteiger partial charge in [-0.05, 0) is 28.8 Å². The lowest BCUT2D eigenvalue weighted by atomic mass is 9.98. The molecule has 0 radical (unpaired) electrons. The normalized spacial score (nSPS) is 22.9. The Morgan fingerprint density at radius 2 is 1.50 bits per heavy atom. The molecule has 1 N–H and O–H groups in total. The topological polar surface area (TPSA) is 123 Å². The second-order valence-electron chi connectivity index (χ2n) is 8.60. The number of benzene rings is 3. The fourth-order valence-corrected chi connectivity index (χ4v) is 5.26. The van der Waals surface area contributed by atoms with Crippen molar-refractivity contribution in [3.05, 3.63) is 113 Å². The highest BCUT2D eigenvalue weighted by Crippen LogP contribution is 2.37. The van der Waals surface area contributed by atoms with E-state index in [1.54, 1.807) is 0 Å². The average molecular weight is 536 g/mol. The van der Waals surface area contributed by atoms with Crippen molar-refractivity contribution in [2.45, 2.75) is 47.9 Å². The summed E-state index contributed by atoms with van der Waals surface area (Å²) in [7, 11) is 0. The molecule has 0 aliphatic carbocycles. The lowest BCUT2D eigenvalue weighted by Crippen LogP contribution is -2.59. The van der Waals surface area contributed by atoms with E-state index in [1.807, 2.05) is 91.0 Å². The van der Waals surface area contributed by atoms with Crippen molar-refractivity contribution in [1.82, 2.24) is 0 Å². The SMILES string of the molecule is [N-]=[N+]=N[C@@H]1[C@@H](OCc2ccccc2)[C@H](OCC(=O)O)[C@@H](COCc2ccccc2)O[C@@H]1Sc1ccccc1. The Morgan fingerprint density at radius 3 is 2.11 bits per heavy atom. The van der Waals surface area contributed by atoms with Gasteiger partial charge >= 0.3 is 5.97 Å². The Labute approximate surface area is 225 Å². The number of ether oxygens (including phenoxy) is 4. The fraction of sp³-hybridized carbons (Fsp3) is 0.321. The predicted octanol–water partition coefficient (Wildman–Crippen LogP) is 5.45. The maximum Gasteiger partial charge on any atom is 0.329 e. The summed E-state index contributed by atoms with van der Waals surface area (Å²) in [5, 5.41) is 13.4. The number of aliphatic carboxylic acids is 1. The zero-order chi connectivity index (χ0) is 26.6. The summed E-state index contributed by atoms with van der Waals surface area (Å²) in [4.78, 5) is 15.4. The minimum atomic E-state index is -1.13. The van der Waals surface area contributed by atoms with Crippen LogP contribution in [0.2, 0.25) is 0 Å². The van der Waals surface area contributed by atoms with Crippen LogP contribution >= 0.6 is 11.8 Å². The molecule has 38 heavy (non-hydrogen) atoms. The Bertz CT molecular complexity index is 1180. The molecule has 1 aliphatic rings. The number of carboxylic acids is 1. The molecule has 1 aliphatic heterocycles. The first-order chi connectivity index (χ1) is 18.6. The quantitative estimate of drug-likeness (QED) is 0.175. The van der Waals surface area contributed by atoms with E-state index in [-0.39, 0.29) is 13.2 Å². The van der Waals surface area contributed by atoms with Crippen LogP contribution in [0.4, 0.5) is 0 Å². The summed E-state index contributed by atoms with van der Waals surface area (Å²) < 4.78 is 24.5. The monoisotopic (exact) mass is 535 g/mol. The molecular formula is C28H29N3O6S. The number of thioether (sulfide) groups is 1. The third-order valence-electron chi connectivity index (χ3n) is 5.87. The largest absolute Gasteiger partial charge is 0.480 e. The van der Waals surface area contributed by atoms with Crippen LogP contribution in [-0.2, 0) is 37.0 Å². The maximum atomic E-state index is 11.4. The molecule has 0 amide bonds. The fourth-order valence-electron chi connectivity index (χ4n) is 4.13. The van der Waals surface area contributed by atoms with Crippen LogP contribution in [0, 0.1) is 0 Å². The molecule has 9 nitrogen and oxygen atoms in total. The highest BCUT2D eigenvalue weighted by atomic mass is 32.2. The van der Waals surface area contributed by atoms with Crippen LogP contribution in [0.3, 0.4) is 0 Å². The summed E-state index contributed by atoms with van der Waals surface area (Å²) >= 11 is 1.40. The van der Waals surface area contributed by atoms with Gasteiger partial charge in [-0.15, -0.1) is 0 Å². The van der Waals surface area contributed by atoms with E-state index in [2.05, 4.69) is 10.0 Å². The Morgan fingerprint density at radius 1 is 0.895 bits per heavy atom. The van der Waals surface area contributed by atoms with Gasteiger partial charge in [0.05, 0.1) is 25.9 Å². The zero-order valence-electron chi connectivity index (χ0n) is 20.6. The van der Waals surface area contributed by atoms with Crippen LogP contribution in [0.15, 0.2) is 101 Å². The predicted molar refractivity (Wildman–Crippen MR) is 142 cm³/mol. The third-order valence-corrected chi connectivity index (χ3v) is 7.04. The second kappa shape index (κ2) is 14.5. The molecule has 0 spiro atoms. The summed E-state index contributed by atoms with van der Waals surface area (Å²) in [6.07, 6.45) is -2.32. The van der Waals surface area contributed by atoms with Crippen LogP contribution in [0.25, 0.3) is 10.4 Å². The molecule has 1 saturated heterocycles. The minimum Gasteiger partial charge on any atom is -0.480 e. The Hall–Kier alpha value is -3.37. The van der Waals surface area contributed by atoms with E-state index < -0.39 is 42.4 Å². The zero-order valence-corrected chi connectivity index (χ0v) is 21.4. The van der Waals surface area contributed by atoms with Gasteiger partial charge in [-0.25, -0.2) is 4.79 Å². The third kappa shape index (κ3) is 8.06. The van der Waals surface area contributed by atoms with E-state index in [4.69, 9.17) is 18.9 Å². The van der Waals surface area contributed by atoms with Crippen molar-refractivity contribution in [2.75, 3.05) is 13.2 Å². The van der Waals surface area contributed by atoms with Crippen LogP contribution < -0.4 is 0 Å². The van der Waals surface area contributed by atoms with E-state index in [0.717, 1.165) is 16.0 Å². The molecule has 0 aromatic heterocycles. The van der Waals surface area contributed by atoms with Gasteiger partial charge in [0.1, 0.15) is 30.3 Å². The molecule has 3 aromatic carbocycles. The van der Waals surface area contributed by atoms with Crippen LogP contribution in [0.1, 0.15) is 11.1 Å². The summed E-state index contributed by atoms with van der Waals surface area (Å²) in [6.45, 7) is 0.126. The molecule has 3 aromatic rings. The molecule has 10 heteroatoms. The van der Waals surface area contributed by atoms with E-state index in [0.29, 0.717) is 6.61 Å². The Kier molecular flexibility index (Phi) is 10.6. The van der Waals surface area contributed by atoms with Crippen LogP contribution in [0.5, 0.6) is 0 Å². The average Bonchev–Trinajstić information content (AvgIpc) is 2.94. The van der Waals surface area contributed by atoms with Gasteiger partial charge in [0.2, 0.25) is 0 Å². The van der Waals surface area contributed by atoms with E-state index in [1.165, 1.54) is 11.8 Å². The number of azide groups is 1. The molecule has 1 heterocycles. The second-order valence-corrected chi connectivity index (χ2v) is 9.77. The standard InChI is InChI=1S/C28H29N3O6S/c29-31-30-25-27(35-17-21-12-6-2-7-13-21)26(36-19-24(32)33)23(18-34-16-20-10-4-1-5-11-20)37-28(25)38-22-14-8-3-9-15-22/h1-15,23,25-28H,16-19H2,(H,32,33)/t23-,25-,26-,27-,28-/m1/s1. The molecule has 0 unspecified atom stereocenters. The maximum absolute atomic E-state index is 11.4. The van der Waals surface area contributed by atoms with Gasteiger partial charge in [0.15, 0.2) is 0 Å². The van der Waals surface area contributed by atoms with Gasteiger partial charge in [0.25, 0.3) is 0 Å². The van der Waals surface area contributed by atoms with Gasteiger partial charge in [-0.3, -0.25) is 0 Å². The van der Waals surface area contributed by atoms with Crippen molar-refractivity contribution in [3.63, 3.8) is 0 Å². The van der Waals surface area contributed by atoms with Crippen LogP contribution in [-0.4, -0.2) is 54.1 Å². The van der Waals surface area contributed by atoms with Crippen molar-refractivity contribution in [1.29, 1.82) is 0 Å². The van der Waals surface area contributed by atoms with E-state index in [9.17, 15) is 15.4 Å². The number of nitrogens with zero attached hydrogens (tertiary/aromatic N) is 3. The summed E-state index contributed by atoms with van der Waals surface area (Å²) in [6, 6.07) is 28.1. The summed E-state index contributed by atoms with van der Waals surface area (Å²) in [5.41, 5.74) is 10.7. The van der Waals surface area contributed by atoms with Crippen molar-refractivity contribution in [2.24, 2.45) is 5.11 Å². The van der Waals surface area contributed by atoms with Crippen molar-refractivity contribution in [3.8, 4) is 0 Å².